The fourth-order valence-electron chi connectivity index (χ4n) is 2.12. The summed E-state index contributed by atoms with van der Waals surface area (Å²) in [6.07, 6.45) is 0. The lowest BCUT2D eigenvalue weighted by molar-refractivity contribution is -0.119. The van der Waals surface area contributed by atoms with Crippen molar-refractivity contribution in [3.8, 4) is 22.8 Å². The average Bonchev–Trinajstić information content (AvgIpc) is 3.06. The first-order chi connectivity index (χ1) is 11.7. The van der Waals surface area contributed by atoms with E-state index in [1.165, 1.54) is 7.11 Å². The number of rotatable bonds is 5. The van der Waals surface area contributed by atoms with Gasteiger partial charge in [-0.1, -0.05) is 28.9 Å². The zero-order valence-corrected chi connectivity index (χ0v) is 13.6. The van der Waals surface area contributed by atoms with E-state index in [-0.39, 0.29) is 12.5 Å². The molecule has 0 saturated heterocycles. The van der Waals surface area contributed by atoms with Crippen LogP contribution >= 0.6 is 11.6 Å². The molecular formula is C17H14ClN3O3. The minimum Gasteiger partial charge on any atom is -0.375 e. The summed E-state index contributed by atoms with van der Waals surface area (Å²) in [5, 5.41) is 7.23. The first-order valence-electron chi connectivity index (χ1n) is 7.15. The maximum Gasteiger partial charge on any atom is 0.258 e. The number of hydrogen-bond acceptors (Lipinski definition) is 5. The minimum absolute atomic E-state index is 0.00655. The van der Waals surface area contributed by atoms with Gasteiger partial charge in [0.15, 0.2) is 0 Å². The number of methoxy groups -OCH3 is 1. The summed E-state index contributed by atoms with van der Waals surface area (Å²) in [7, 11) is 1.47. The molecule has 0 fully saturated rings. The molecule has 2 aromatic carbocycles. The van der Waals surface area contributed by atoms with E-state index >= 15 is 0 Å². The molecule has 0 radical (unpaired) electrons. The highest BCUT2D eigenvalue weighted by Crippen LogP contribution is 2.27. The Hall–Kier alpha value is -2.70. The van der Waals surface area contributed by atoms with E-state index in [1.807, 2.05) is 18.2 Å². The number of carbonyl (C=O) groups excluding carboxylic acids is 1. The third-order valence-electron chi connectivity index (χ3n) is 3.23. The number of hydrogen-bond donors (Lipinski definition) is 1. The Morgan fingerprint density at radius 2 is 1.96 bits per heavy atom. The molecule has 7 heteroatoms. The number of amides is 1. The van der Waals surface area contributed by atoms with Gasteiger partial charge in [0.2, 0.25) is 11.7 Å². The molecule has 0 aliphatic carbocycles. The molecule has 122 valence electrons. The quantitative estimate of drug-likeness (QED) is 0.765. The maximum absolute atomic E-state index is 11.5. The lowest BCUT2D eigenvalue weighted by atomic mass is 10.2. The fraction of sp³-hybridized carbons (Fsp3) is 0.118. The number of nitrogens with zero attached hydrogens (tertiary/aromatic N) is 2. The largest absolute Gasteiger partial charge is 0.375 e. The first kappa shape index (κ1) is 16.2. The van der Waals surface area contributed by atoms with Crippen molar-refractivity contribution in [1.82, 2.24) is 10.1 Å². The van der Waals surface area contributed by atoms with Crippen molar-refractivity contribution in [3.63, 3.8) is 0 Å². The molecule has 6 nitrogen and oxygen atoms in total. The van der Waals surface area contributed by atoms with Crippen molar-refractivity contribution in [2.24, 2.45) is 0 Å². The zero-order chi connectivity index (χ0) is 16.9. The second kappa shape index (κ2) is 7.25. The zero-order valence-electron chi connectivity index (χ0n) is 12.8. The highest BCUT2D eigenvalue weighted by molar-refractivity contribution is 6.33. The van der Waals surface area contributed by atoms with Crippen LogP contribution in [0.4, 0.5) is 5.69 Å². The molecule has 24 heavy (non-hydrogen) atoms. The smallest absolute Gasteiger partial charge is 0.258 e. The molecule has 0 bridgehead atoms. The Kier molecular flexibility index (Phi) is 4.88. The molecule has 0 unspecified atom stereocenters. The van der Waals surface area contributed by atoms with Crippen LogP contribution in [0, 0.1) is 0 Å². The lowest BCUT2D eigenvalue weighted by Crippen LogP contribution is -2.16. The van der Waals surface area contributed by atoms with Gasteiger partial charge in [0.25, 0.3) is 5.89 Å². The predicted octanol–water partition coefficient (Wildman–Crippen LogP) is 3.64. The molecule has 1 N–H and O–H groups in total. The van der Waals surface area contributed by atoms with Crippen LogP contribution in [0.25, 0.3) is 22.8 Å². The number of ether oxygens (including phenoxy) is 1. The lowest BCUT2D eigenvalue weighted by Gasteiger charge is -2.04. The summed E-state index contributed by atoms with van der Waals surface area (Å²) in [4.78, 5) is 15.8. The number of halogens is 1. The average molecular weight is 344 g/mol. The summed E-state index contributed by atoms with van der Waals surface area (Å²) in [5.41, 5.74) is 2.11. The number of benzene rings is 2. The van der Waals surface area contributed by atoms with E-state index in [0.717, 1.165) is 5.56 Å². The third kappa shape index (κ3) is 3.61. The van der Waals surface area contributed by atoms with E-state index in [4.69, 9.17) is 20.9 Å². The van der Waals surface area contributed by atoms with Crippen molar-refractivity contribution < 1.29 is 14.1 Å². The van der Waals surface area contributed by atoms with E-state index < -0.39 is 0 Å². The van der Waals surface area contributed by atoms with Gasteiger partial charge in [-0.2, -0.15) is 4.98 Å². The molecule has 0 spiro atoms. The van der Waals surface area contributed by atoms with Crippen molar-refractivity contribution >= 4 is 23.2 Å². The normalized spacial score (nSPS) is 10.6. The number of carbonyl (C=O) groups is 1. The van der Waals surface area contributed by atoms with Gasteiger partial charge in [0.05, 0.1) is 5.02 Å². The first-order valence-corrected chi connectivity index (χ1v) is 7.53. The molecule has 1 heterocycles. The van der Waals surface area contributed by atoms with Gasteiger partial charge in [0.1, 0.15) is 6.61 Å². The molecule has 1 amide bonds. The van der Waals surface area contributed by atoms with Crippen molar-refractivity contribution in [2.45, 2.75) is 0 Å². The maximum atomic E-state index is 11.5. The Bertz CT molecular complexity index is 846. The minimum atomic E-state index is -0.218. The van der Waals surface area contributed by atoms with E-state index in [9.17, 15) is 4.79 Å². The van der Waals surface area contributed by atoms with Crippen LogP contribution in [0.15, 0.2) is 53.1 Å². The molecule has 0 aliphatic heterocycles. The number of aromatic nitrogens is 2. The summed E-state index contributed by atoms with van der Waals surface area (Å²) < 4.78 is 10.1. The number of nitrogens with one attached hydrogen (secondary N) is 1. The van der Waals surface area contributed by atoms with Crippen molar-refractivity contribution in [1.29, 1.82) is 0 Å². The molecule has 0 aliphatic rings. The molecule has 0 atom stereocenters. The van der Waals surface area contributed by atoms with Crippen LogP contribution in [0.5, 0.6) is 0 Å². The Morgan fingerprint density at radius 3 is 2.67 bits per heavy atom. The van der Waals surface area contributed by atoms with E-state index in [0.29, 0.717) is 28.0 Å². The van der Waals surface area contributed by atoms with Crippen LogP contribution in [0.2, 0.25) is 5.02 Å². The van der Waals surface area contributed by atoms with Gasteiger partial charge in [-0.15, -0.1) is 0 Å². The van der Waals surface area contributed by atoms with Crippen LogP contribution < -0.4 is 5.32 Å². The van der Waals surface area contributed by atoms with Crippen LogP contribution in [0.3, 0.4) is 0 Å². The molecule has 0 saturated carbocycles. The Labute approximate surface area is 143 Å². The van der Waals surface area contributed by atoms with Crippen LogP contribution in [0.1, 0.15) is 0 Å². The number of anilines is 1. The summed E-state index contributed by atoms with van der Waals surface area (Å²) in [6, 6.07) is 14.4. The van der Waals surface area contributed by atoms with Gasteiger partial charge in [-0.25, -0.2) is 0 Å². The van der Waals surface area contributed by atoms with Crippen LogP contribution in [-0.4, -0.2) is 29.8 Å². The van der Waals surface area contributed by atoms with E-state index in [1.54, 1.807) is 30.3 Å². The Morgan fingerprint density at radius 1 is 1.21 bits per heavy atom. The SMILES string of the molecule is COCC(=O)Nc1ccc(-c2nc(-c3ccccc3Cl)no2)cc1. The van der Waals surface area contributed by atoms with Crippen molar-refractivity contribution in [2.75, 3.05) is 19.0 Å². The summed E-state index contributed by atoms with van der Waals surface area (Å²) in [5.74, 6) is 0.580. The Balaban J connectivity index is 1.78. The summed E-state index contributed by atoms with van der Waals surface area (Å²) in [6.45, 7) is 0.00655. The molecular weight excluding hydrogens is 330 g/mol. The van der Waals surface area contributed by atoms with Gasteiger partial charge < -0.3 is 14.6 Å². The fourth-order valence-corrected chi connectivity index (χ4v) is 2.34. The molecule has 3 rings (SSSR count). The second-order valence-corrected chi connectivity index (χ2v) is 5.37. The monoisotopic (exact) mass is 343 g/mol. The van der Waals surface area contributed by atoms with Gasteiger partial charge in [-0.05, 0) is 36.4 Å². The molecule has 1 aromatic heterocycles. The standard InChI is InChI=1S/C17H14ClN3O3/c1-23-10-15(22)19-12-8-6-11(7-9-12)17-20-16(21-24-17)13-4-2-3-5-14(13)18/h2-9H,10H2,1H3,(H,19,22). The van der Waals surface area contributed by atoms with Crippen LogP contribution in [-0.2, 0) is 9.53 Å². The third-order valence-corrected chi connectivity index (χ3v) is 3.56. The topological polar surface area (TPSA) is 77.2 Å². The van der Waals surface area contributed by atoms with E-state index in [2.05, 4.69) is 15.5 Å². The highest BCUT2D eigenvalue weighted by Gasteiger charge is 2.13. The summed E-state index contributed by atoms with van der Waals surface area (Å²) >= 11 is 6.14. The van der Waals surface area contributed by atoms with Gasteiger partial charge in [0, 0.05) is 23.9 Å². The van der Waals surface area contributed by atoms with Gasteiger partial charge in [-0.3, -0.25) is 4.79 Å². The van der Waals surface area contributed by atoms with Gasteiger partial charge >= 0.3 is 0 Å². The van der Waals surface area contributed by atoms with Crippen molar-refractivity contribution in [3.05, 3.63) is 53.6 Å². The predicted molar refractivity (Wildman–Crippen MR) is 90.7 cm³/mol. The second-order valence-electron chi connectivity index (χ2n) is 4.96. The molecule has 3 aromatic rings. The highest BCUT2D eigenvalue weighted by atomic mass is 35.5.